The Morgan fingerprint density at radius 1 is 1.12 bits per heavy atom. The summed E-state index contributed by atoms with van der Waals surface area (Å²) in [6.07, 6.45) is 7.38. The van der Waals surface area contributed by atoms with E-state index in [2.05, 4.69) is 31.7 Å². The van der Waals surface area contributed by atoms with E-state index in [4.69, 9.17) is 43.5 Å². The van der Waals surface area contributed by atoms with E-state index in [-0.39, 0.29) is 41.4 Å². The summed E-state index contributed by atoms with van der Waals surface area (Å²) < 4.78 is 29.8. The van der Waals surface area contributed by atoms with E-state index in [0.29, 0.717) is 19.6 Å². The summed E-state index contributed by atoms with van der Waals surface area (Å²) in [6, 6.07) is 7.67. The molecule has 2 saturated heterocycles. The highest BCUT2D eigenvalue weighted by Gasteiger charge is 2.72. The number of hydrogen-bond donors (Lipinski definition) is 2. The first-order valence-corrected chi connectivity index (χ1v) is 14.0. The molecular formula is C31H43NO10. The van der Waals surface area contributed by atoms with Crippen LogP contribution in [0.25, 0.3) is 6.08 Å². The lowest BCUT2D eigenvalue weighted by atomic mass is 9.68. The first-order chi connectivity index (χ1) is 19.8. The van der Waals surface area contributed by atoms with Gasteiger partial charge >= 0.3 is 17.9 Å². The maximum absolute atomic E-state index is 12.7. The molecule has 2 heterocycles. The first-order valence-electron chi connectivity index (χ1n) is 14.0. The second-order valence-electron chi connectivity index (χ2n) is 11.5. The van der Waals surface area contributed by atoms with Crippen LogP contribution in [0.3, 0.4) is 0 Å². The molecule has 0 radical (unpaired) electrons. The minimum atomic E-state index is -1.82. The van der Waals surface area contributed by atoms with Gasteiger partial charge in [0, 0.05) is 19.7 Å². The smallest absolute Gasteiger partial charge is 0.414 e. The highest BCUT2D eigenvalue weighted by Crippen LogP contribution is 2.59. The number of allylic oxidation sites excluding steroid dienone is 1. The molecule has 1 aromatic carbocycles. The Hall–Kier alpha value is -3.25. The van der Waals surface area contributed by atoms with Gasteiger partial charge in [-0.3, -0.25) is 0 Å². The lowest BCUT2D eigenvalue weighted by Gasteiger charge is -2.42. The van der Waals surface area contributed by atoms with Gasteiger partial charge in [-0.25, -0.2) is 14.4 Å². The van der Waals surface area contributed by atoms with Crippen molar-refractivity contribution >= 4 is 24.0 Å². The molecule has 0 aromatic heterocycles. The maximum Gasteiger partial charge on any atom is 0.414 e. The Bertz CT molecular complexity index is 1140. The highest BCUT2D eigenvalue weighted by molar-refractivity contribution is 6.27. The van der Waals surface area contributed by atoms with Crippen molar-refractivity contribution in [2.24, 2.45) is 5.92 Å². The standard InChI is InChI=1S/C29H41NO6.C2H2O4/c1-20(2)7-13-24-28(3,36-24)27-26(32-6)23(15-16-29(27)19-34-29)35-25(31)14-10-21-8-11-22(12-9-21)33-18-17-30(4)5;3-1(4)2(5)6/h7-12,14,23-24,26-27H,13,15-19H2,1-6H3;(H,3,4)(H,5,6)/b14-10+;/t23-,24-,26-,27-,28+,29+;/m1./s1. The van der Waals surface area contributed by atoms with Crippen LogP contribution in [0.15, 0.2) is 42.0 Å². The van der Waals surface area contributed by atoms with Crippen molar-refractivity contribution in [2.75, 3.05) is 41.0 Å². The second-order valence-corrected chi connectivity index (χ2v) is 11.5. The van der Waals surface area contributed by atoms with Crippen LogP contribution >= 0.6 is 0 Å². The summed E-state index contributed by atoms with van der Waals surface area (Å²) in [5, 5.41) is 14.8. The quantitative estimate of drug-likeness (QED) is 0.129. The molecule has 11 nitrogen and oxygen atoms in total. The van der Waals surface area contributed by atoms with E-state index >= 15 is 0 Å². The highest BCUT2D eigenvalue weighted by atomic mass is 16.6. The molecule has 1 spiro atoms. The topological polar surface area (TPSA) is 148 Å². The summed E-state index contributed by atoms with van der Waals surface area (Å²) in [4.78, 5) is 33.0. The normalized spacial score (nSPS) is 29.4. The van der Waals surface area contributed by atoms with E-state index in [9.17, 15) is 4.79 Å². The SMILES string of the molecule is CO[C@@H]1[C@H](OC(=O)/C=C/c2ccc(OCCN(C)C)cc2)CC[C@]2(CO2)[C@H]1[C@@]1(C)O[C@@H]1CC=C(C)C.O=C(O)C(=O)O. The lowest BCUT2D eigenvalue weighted by Crippen LogP contribution is -2.55. The number of benzene rings is 1. The fourth-order valence-corrected chi connectivity index (χ4v) is 5.44. The van der Waals surface area contributed by atoms with Crippen molar-refractivity contribution in [3.05, 3.63) is 47.6 Å². The van der Waals surface area contributed by atoms with Gasteiger partial charge in [-0.05, 0) is 77.9 Å². The molecule has 1 aromatic rings. The van der Waals surface area contributed by atoms with Crippen LogP contribution in [0.4, 0.5) is 0 Å². The maximum atomic E-state index is 12.7. The average molecular weight is 590 g/mol. The molecule has 3 fully saturated rings. The fraction of sp³-hybridized carbons (Fsp3) is 0.581. The summed E-state index contributed by atoms with van der Waals surface area (Å²) in [6.45, 7) is 8.54. The average Bonchev–Trinajstić information content (AvgIpc) is 3.85. The number of aliphatic carboxylic acids is 2. The molecule has 3 aliphatic rings. The van der Waals surface area contributed by atoms with Crippen LogP contribution in [0, 0.1) is 5.92 Å². The molecule has 2 N–H and O–H groups in total. The van der Waals surface area contributed by atoms with Crippen molar-refractivity contribution in [1.82, 2.24) is 4.90 Å². The zero-order valence-corrected chi connectivity index (χ0v) is 25.2. The van der Waals surface area contributed by atoms with Gasteiger partial charge in [-0.1, -0.05) is 23.8 Å². The molecule has 11 heteroatoms. The molecule has 2 aliphatic heterocycles. The van der Waals surface area contributed by atoms with E-state index in [1.54, 1.807) is 13.2 Å². The number of likely N-dealkylation sites (N-methyl/N-ethyl adjacent to an activating group) is 1. The molecule has 6 atom stereocenters. The first kappa shape index (κ1) is 33.3. The number of hydrogen-bond acceptors (Lipinski definition) is 9. The number of carboxylic acids is 2. The van der Waals surface area contributed by atoms with E-state index < -0.39 is 11.9 Å². The Morgan fingerprint density at radius 3 is 2.29 bits per heavy atom. The van der Waals surface area contributed by atoms with E-state index in [1.165, 1.54) is 11.6 Å². The van der Waals surface area contributed by atoms with Gasteiger partial charge < -0.3 is 38.8 Å². The molecule has 1 aliphatic carbocycles. The van der Waals surface area contributed by atoms with Crippen LogP contribution in [-0.2, 0) is 33.3 Å². The van der Waals surface area contributed by atoms with Gasteiger partial charge in [-0.15, -0.1) is 0 Å². The van der Waals surface area contributed by atoms with Gasteiger partial charge in [0.2, 0.25) is 0 Å². The summed E-state index contributed by atoms with van der Waals surface area (Å²) in [5.74, 6) is -3.20. The number of ether oxygens (including phenoxy) is 5. The Labute approximate surface area is 247 Å². The van der Waals surface area contributed by atoms with Crippen LogP contribution < -0.4 is 4.74 Å². The minimum absolute atomic E-state index is 0.0149. The van der Waals surface area contributed by atoms with Crippen molar-refractivity contribution < 1.29 is 48.3 Å². The van der Waals surface area contributed by atoms with Crippen LogP contribution in [-0.4, -0.2) is 103 Å². The zero-order valence-electron chi connectivity index (χ0n) is 25.2. The fourth-order valence-electron chi connectivity index (χ4n) is 5.44. The third-order valence-electron chi connectivity index (χ3n) is 7.79. The Morgan fingerprint density at radius 2 is 1.76 bits per heavy atom. The third kappa shape index (κ3) is 8.87. The Balaban J connectivity index is 0.000000730. The number of carboxylic acid groups (broad SMARTS) is 2. The number of nitrogens with zero attached hydrogens (tertiary/aromatic N) is 1. The largest absolute Gasteiger partial charge is 0.492 e. The van der Waals surface area contributed by atoms with Crippen molar-refractivity contribution in [1.29, 1.82) is 0 Å². The molecule has 1 saturated carbocycles. The van der Waals surface area contributed by atoms with Crippen LogP contribution in [0.2, 0.25) is 0 Å². The molecular weight excluding hydrogens is 546 g/mol. The van der Waals surface area contributed by atoms with Gasteiger partial charge in [0.15, 0.2) is 0 Å². The predicted molar refractivity (Wildman–Crippen MR) is 154 cm³/mol. The lowest BCUT2D eigenvalue weighted by molar-refractivity contribution is -0.166. The molecule has 232 valence electrons. The minimum Gasteiger partial charge on any atom is -0.492 e. The summed E-state index contributed by atoms with van der Waals surface area (Å²) in [7, 11) is 5.72. The van der Waals surface area contributed by atoms with Gasteiger partial charge in [0.25, 0.3) is 0 Å². The van der Waals surface area contributed by atoms with Crippen molar-refractivity contribution in [3.63, 3.8) is 0 Å². The van der Waals surface area contributed by atoms with Crippen LogP contribution in [0.5, 0.6) is 5.75 Å². The van der Waals surface area contributed by atoms with E-state index in [1.807, 2.05) is 38.4 Å². The predicted octanol–water partition coefficient (Wildman–Crippen LogP) is 3.42. The van der Waals surface area contributed by atoms with Crippen molar-refractivity contribution in [2.45, 2.75) is 69.5 Å². The number of carbonyl (C=O) groups excluding carboxylic acids is 1. The van der Waals surface area contributed by atoms with Gasteiger partial charge in [-0.2, -0.15) is 0 Å². The summed E-state index contributed by atoms with van der Waals surface area (Å²) in [5.41, 5.74) is 1.61. The molecule has 42 heavy (non-hydrogen) atoms. The number of carbonyl (C=O) groups is 3. The monoisotopic (exact) mass is 589 g/mol. The van der Waals surface area contributed by atoms with Gasteiger partial charge in [0.1, 0.15) is 35.8 Å². The Kier molecular flexibility index (Phi) is 11.3. The number of rotatable bonds is 11. The summed E-state index contributed by atoms with van der Waals surface area (Å²) >= 11 is 0. The number of methoxy groups -OCH3 is 1. The molecule has 4 rings (SSSR count). The number of esters is 1. The van der Waals surface area contributed by atoms with Crippen molar-refractivity contribution in [3.8, 4) is 5.75 Å². The molecule has 0 amide bonds. The third-order valence-corrected chi connectivity index (χ3v) is 7.79. The number of epoxide rings is 2. The van der Waals surface area contributed by atoms with E-state index in [0.717, 1.165) is 30.7 Å². The molecule has 0 unspecified atom stereocenters. The molecule has 0 bridgehead atoms. The zero-order chi connectivity index (χ0) is 31.1. The van der Waals surface area contributed by atoms with Crippen LogP contribution in [0.1, 0.15) is 45.6 Å². The van der Waals surface area contributed by atoms with Gasteiger partial charge in [0.05, 0.1) is 18.6 Å². The second kappa shape index (κ2) is 14.3.